The molecule has 48 heavy (non-hydrogen) atoms. The molecule has 0 saturated carbocycles. The second kappa shape index (κ2) is 15.2. The molecule has 0 aliphatic heterocycles. The molecule has 1 heterocycles. The van der Waals surface area contributed by atoms with E-state index in [2.05, 4.69) is 10.3 Å². The van der Waals surface area contributed by atoms with Gasteiger partial charge in [-0.1, -0.05) is 35.9 Å². The lowest BCUT2D eigenvalue weighted by Crippen LogP contribution is -2.27. The number of rotatable bonds is 13. The maximum atomic E-state index is 13.5. The minimum Gasteiger partial charge on any atom is -0.486 e. The van der Waals surface area contributed by atoms with Gasteiger partial charge in [0, 0.05) is 10.6 Å². The number of anilines is 1. The third-order valence-electron chi connectivity index (χ3n) is 6.91. The molecule has 0 unspecified atom stereocenters. The van der Waals surface area contributed by atoms with Crippen molar-refractivity contribution in [1.29, 1.82) is 0 Å². The molecule has 9 nitrogen and oxygen atoms in total. The number of carbonyl (C=O) groups excluding carboxylic acids is 2. The van der Waals surface area contributed by atoms with Crippen molar-refractivity contribution in [3.63, 3.8) is 0 Å². The van der Waals surface area contributed by atoms with Crippen molar-refractivity contribution in [2.24, 2.45) is 0 Å². The van der Waals surface area contributed by atoms with E-state index in [4.69, 9.17) is 25.8 Å². The van der Waals surface area contributed by atoms with Crippen LogP contribution in [0.2, 0.25) is 5.02 Å². The first-order chi connectivity index (χ1) is 22.8. The van der Waals surface area contributed by atoms with Gasteiger partial charge in [-0.15, -0.1) is 11.3 Å². The number of esters is 1. The number of thiazole rings is 1. The third-order valence-corrected chi connectivity index (χ3v) is 9.98. The molecular formula is C36H35ClN2O7S2. The van der Waals surface area contributed by atoms with Crippen LogP contribution in [-0.4, -0.2) is 43.2 Å². The van der Waals surface area contributed by atoms with E-state index < -0.39 is 27.3 Å². The first-order valence-electron chi connectivity index (χ1n) is 15.2. The highest BCUT2D eigenvalue weighted by molar-refractivity contribution is 7.91. The average molecular weight is 707 g/mol. The number of benzene rings is 4. The summed E-state index contributed by atoms with van der Waals surface area (Å²) in [6.07, 6.45) is 0.752. The smallest absolute Gasteiger partial charge is 0.344 e. The van der Waals surface area contributed by atoms with Gasteiger partial charge in [0.1, 0.15) is 28.7 Å². The molecule has 0 atom stereocenters. The number of hydrogen-bond donors (Lipinski definition) is 1. The standard InChI is InChI=1S/C36H35ClN2O7S2/c1-36(2,3)46-34(40)23-45-31-18-13-24(8-7-19-48(42,43)28-16-14-26(37)15-17-28)20-30(31)39-35(41)25-9-6-10-27(21-25)44-22-33-38-29-11-4-5-12-32(29)47-33/h4-6,9-18,20-21H,7-8,19,22-23H2,1-3H3,(H,39,41). The number of ether oxygens (including phenoxy) is 3. The van der Waals surface area contributed by atoms with Crippen LogP contribution in [0.4, 0.5) is 5.69 Å². The summed E-state index contributed by atoms with van der Waals surface area (Å²) in [6.45, 7) is 5.16. The zero-order valence-electron chi connectivity index (χ0n) is 26.7. The highest BCUT2D eigenvalue weighted by Gasteiger charge is 2.19. The average Bonchev–Trinajstić information content (AvgIpc) is 3.46. The number of aryl methyl sites for hydroxylation is 1. The molecule has 0 saturated heterocycles. The van der Waals surface area contributed by atoms with E-state index in [1.54, 1.807) is 86.7 Å². The summed E-state index contributed by atoms with van der Waals surface area (Å²) in [5, 5.41) is 4.16. The summed E-state index contributed by atoms with van der Waals surface area (Å²) >= 11 is 7.45. The van der Waals surface area contributed by atoms with Crippen LogP contribution in [0.25, 0.3) is 10.2 Å². The Hall–Kier alpha value is -4.45. The van der Waals surface area contributed by atoms with Gasteiger partial charge < -0.3 is 19.5 Å². The van der Waals surface area contributed by atoms with E-state index in [0.717, 1.165) is 20.8 Å². The quantitative estimate of drug-likeness (QED) is 0.123. The zero-order valence-corrected chi connectivity index (χ0v) is 29.1. The molecule has 0 fully saturated rings. The number of nitrogens with one attached hydrogen (secondary N) is 1. The van der Waals surface area contributed by atoms with Crippen LogP contribution < -0.4 is 14.8 Å². The molecule has 250 valence electrons. The van der Waals surface area contributed by atoms with Crippen molar-refractivity contribution in [1.82, 2.24) is 4.98 Å². The third kappa shape index (κ3) is 9.79. The van der Waals surface area contributed by atoms with Crippen LogP contribution >= 0.6 is 22.9 Å². The molecule has 0 spiro atoms. The number of nitrogens with zero attached hydrogens (tertiary/aromatic N) is 1. The maximum absolute atomic E-state index is 13.5. The van der Waals surface area contributed by atoms with Gasteiger partial charge in [-0.05, 0) is 106 Å². The van der Waals surface area contributed by atoms with Crippen LogP contribution in [-0.2, 0) is 32.4 Å². The normalized spacial score (nSPS) is 11.7. The summed E-state index contributed by atoms with van der Waals surface area (Å²) in [6, 6.07) is 25.8. The van der Waals surface area contributed by atoms with Crippen molar-refractivity contribution >= 4 is 60.6 Å². The molecule has 1 amide bonds. The Bertz CT molecular complexity index is 1990. The van der Waals surface area contributed by atoms with Crippen LogP contribution in [0.1, 0.15) is 48.1 Å². The number of fused-ring (bicyclic) bond motifs is 1. The van der Waals surface area contributed by atoms with Crippen LogP contribution in [0.3, 0.4) is 0 Å². The molecule has 0 radical (unpaired) electrons. The number of hydrogen-bond acceptors (Lipinski definition) is 9. The molecule has 0 aliphatic rings. The van der Waals surface area contributed by atoms with E-state index in [0.29, 0.717) is 34.9 Å². The molecule has 5 rings (SSSR count). The highest BCUT2D eigenvalue weighted by Crippen LogP contribution is 2.29. The van der Waals surface area contributed by atoms with Crippen molar-refractivity contribution in [2.75, 3.05) is 17.7 Å². The fraction of sp³-hybridized carbons (Fsp3) is 0.250. The lowest BCUT2D eigenvalue weighted by atomic mass is 10.1. The molecule has 5 aromatic rings. The Morgan fingerprint density at radius 3 is 2.44 bits per heavy atom. The Kier molecular flexibility index (Phi) is 11.0. The van der Waals surface area contributed by atoms with Crippen molar-refractivity contribution in [3.8, 4) is 11.5 Å². The Balaban J connectivity index is 1.28. The van der Waals surface area contributed by atoms with E-state index in [1.165, 1.54) is 12.1 Å². The van der Waals surface area contributed by atoms with E-state index in [1.807, 2.05) is 24.3 Å². The van der Waals surface area contributed by atoms with Gasteiger partial charge in [-0.3, -0.25) is 4.79 Å². The fourth-order valence-electron chi connectivity index (χ4n) is 4.74. The molecule has 4 aromatic carbocycles. The first kappa shape index (κ1) is 34.9. The fourth-order valence-corrected chi connectivity index (χ4v) is 7.06. The lowest BCUT2D eigenvalue weighted by Gasteiger charge is -2.20. The van der Waals surface area contributed by atoms with Crippen LogP contribution in [0, 0.1) is 0 Å². The number of para-hydroxylation sites is 1. The van der Waals surface area contributed by atoms with E-state index >= 15 is 0 Å². The summed E-state index contributed by atoms with van der Waals surface area (Å²) in [5.41, 5.74) is 1.66. The predicted octanol–water partition coefficient (Wildman–Crippen LogP) is 7.91. The summed E-state index contributed by atoms with van der Waals surface area (Å²) in [5.74, 6) is -0.301. The summed E-state index contributed by atoms with van der Waals surface area (Å²) in [7, 11) is -3.51. The molecule has 0 aliphatic carbocycles. The van der Waals surface area contributed by atoms with Crippen molar-refractivity contribution in [2.45, 2.75) is 50.7 Å². The molecule has 0 bridgehead atoms. The first-order valence-corrected chi connectivity index (χ1v) is 18.0. The summed E-state index contributed by atoms with van der Waals surface area (Å²) < 4.78 is 43.8. The molecule has 1 N–H and O–H groups in total. The second-order valence-corrected chi connectivity index (χ2v) is 15.6. The Morgan fingerprint density at radius 1 is 0.917 bits per heavy atom. The van der Waals surface area contributed by atoms with E-state index in [9.17, 15) is 18.0 Å². The van der Waals surface area contributed by atoms with Gasteiger partial charge in [0.2, 0.25) is 0 Å². The van der Waals surface area contributed by atoms with Gasteiger partial charge in [-0.2, -0.15) is 0 Å². The Morgan fingerprint density at radius 2 is 1.69 bits per heavy atom. The van der Waals surface area contributed by atoms with Crippen LogP contribution in [0.15, 0.2) is 95.9 Å². The topological polar surface area (TPSA) is 121 Å². The SMILES string of the molecule is CC(C)(C)OC(=O)COc1ccc(CCCS(=O)(=O)c2ccc(Cl)cc2)cc1NC(=O)c1cccc(OCc2nc3ccccc3s2)c1. The second-order valence-electron chi connectivity index (χ2n) is 11.9. The lowest BCUT2D eigenvalue weighted by molar-refractivity contribution is -0.157. The van der Waals surface area contributed by atoms with Crippen LogP contribution in [0.5, 0.6) is 11.5 Å². The van der Waals surface area contributed by atoms with Crippen molar-refractivity contribution < 1.29 is 32.2 Å². The summed E-state index contributed by atoms with van der Waals surface area (Å²) in [4.78, 5) is 30.6. The van der Waals surface area contributed by atoms with E-state index in [-0.39, 0.29) is 29.6 Å². The number of carbonyl (C=O) groups is 2. The maximum Gasteiger partial charge on any atom is 0.344 e. The monoisotopic (exact) mass is 706 g/mol. The number of aromatic nitrogens is 1. The predicted molar refractivity (Wildman–Crippen MR) is 188 cm³/mol. The van der Waals surface area contributed by atoms with Gasteiger partial charge in [0.25, 0.3) is 5.91 Å². The number of halogens is 1. The number of sulfone groups is 1. The molecular weight excluding hydrogens is 672 g/mol. The Labute approximate surface area is 288 Å². The van der Waals surface area contributed by atoms with Gasteiger partial charge in [0.15, 0.2) is 16.4 Å². The zero-order chi connectivity index (χ0) is 34.3. The number of amides is 1. The van der Waals surface area contributed by atoms with Crippen molar-refractivity contribution in [3.05, 3.63) is 112 Å². The minimum atomic E-state index is -3.51. The van der Waals surface area contributed by atoms with Gasteiger partial charge in [-0.25, -0.2) is 18.2 Å². The highest BCUT2D eigenvalue weighted by atomic mass is 35.5. The molecule has 12 heteroatoms. The van der Waals surface area contributed by atoms with Gasteiger partial charge in [0.05, 0.1) is 26.6 Å². The largest absolute Gasteiger partial charge is 0.486 e. The van der Waals surface area contributed by atoms with Gasteiger partial charge >= 0.3 is 5.97 Å². The molecule has 1 aromatic heterocycles. The minimum absolute atomic E-state index is 0.0724.